The van der Waals surface area contributed by atoms with Crippen LogP contribution < -0.4 is 10.3 Å². The lowest BCUT2D eigenvalue weighted by Crippen LogP contribution is -2.28. The van der Waals surface area contributed by atoms with Crippen LogP contribution in [0.4, 0.5) is 0 Å². The number of carbonyl (C=O) groups is 1. The van der Waals surface area contributed by atoms with Gasteiger partial charge in [0.1, 0.15) is 17.8 Å². The summed E-state index contributed by atoms with van der Waals surface area (Å²) < 4.78 is 6.29. The number of benzene rings is 2. The van der Waals surface area contributed by atoms with Crippen LogP contribution in [0.1, 0.15) is 30.4 Å². The van der Waals surface area contributed by atoms with Crippen molar-refractivity contribution in [3.8, 4) is 5.75 Å². The third-order valence-electron chi connectivity index (χ3n) is 4.42. The number of nitrogens with zero attached hydrogens (tertiary/aromatic N) is 3. The zero-order valence-corrected chi connectivity index (χ0v) is 15.1. The van der Waals surface area contributed by atoms with Crippen LogP contribution in [0, 0.1) is 6.92 Å². The number of aryl methyl sites for hydroxylation is 1. The summed E-state index contributed by atoms with van der Waals surface area (Å²) in [7, 11) is 1.62. The SMILES string of the molecule is COc1ccc([C@H](C)CC(=O)Cn2nnc3ccc(C)cc3c2=O)cc1. The van der Waals surface area contributed by atoms with Crippen LogP contribution in [0.2, 0.25) is 0 Å². The Labute approximate surface area is 151 Å². The molecule has 6 heteroatoms. The van der Waals surface area contributed by atoms with Crippen molar-refractivity contribution in [2.75, 3.05) is 7.11 Å². The topological polar surface area (TPSA) is 74.1 Å². The van der Waals surface area contributed by atoms with Gasteiger partial charge in [0.25, 0.3) is 5.56 Å². The molecule has 1 aromatic heterocycles. The van der Waals surface area contributed by atoms with Crippen molar-refractivity contribution in [2.45, 2.75) is 32.7 Å². The summed E-state index contributed by atoms with van der Waals surface area (Å²) in [4.78, 5) is 25.0. The third-order valence-corrected chi connectivity index (χ3v) is 4.42. The molecule has 0 saturated heterocycles. The average Bonchev–Trinajstić information content (AvgIpc) is 2.64. The number of ether oxygens (including phenoxy) is 1. The number of carbonyl (C=O) groups excluding carboxylic acids is 1. The third kappa shape index (κ3) is 3.79. The minimum atomic E-state index is -0.288. The molecule has 0 bridgehead atoms. The van der Waals surface area contributed by atoms with Gasteiger partial charge in [-0.05, 0) is 42.7 Å². The average molecular weight is 351 g/mol. The van der Waals surface area contributed by atoms with Crippen LogP contribution in [0.25, 0.3) is 10.9 Å². The van der Waals surface area contributed by atoms with Crippen molar-refractivity contribution in [3.05, 3.63) is 63.9 Å². The fraction of sp³-hybridized carbons (Fsp3) is 0.300. The van der Waals surface area contributed by atoms with Gasteiger partial charge >= 0.3 is 0 Å². The minimum absolute atomic E-state index is 0.0415. The van der Waals surface area contributed by atoms with E-state index in [2.05, 4.69) is 10.3 Å². The first-order valence-electron chi connectivity index (χ1n) is 8.47. The Bertz CT molecular complexity index is 993. The lowest BCUT2D eigenvalue weighted by Gasteiger charge is -2.12. The summed E-state index contributed by atoms with van der Waals surface area (Å²) in [5, 5.41) is 8.42. The molecular weight excluding hydrogens is 330 g/mol. The van der Waals surface area contributed by atoms with Gasteiger partial charge in [-0.2, -0.15) is 0 Å². The van der Waals surface area contributed by atoms with E-state index in [9.17, 15) is 9.59 Å². The van der Waals surface area contributed by atoms with E-state index in [1.54, 1.807) is 19.2 Å². The highest BCUT2D eigenvalue weighted by Gasteiger charge is 2.14. The predicted octanol–water partition coefficient (Wildman–Crippen LogP) is 2.87. The van der Waals surface area contributed by atoms with Gasteiger partial charge in [0, 0.05) is 6.42 Å². The summed E-state index contributed by atoms with van der Waals surface area (Å²) in [5.74, 6) is 0.761. The van der Waals surface area contributed by atoms with Crippen LogP contribution in [0.15, 0.2) is 47.3 Å². The Hall–Kier alpha value is -3.02. The highest BCUT2D eigenvalue weighted by Crippen LogP contribution is 2.22. The molecule has 0 unspecified atom stereocenters. The molecule has 134 valence electrons. The van der Waals surface area contributed by atoms with Gasteiger partial charge in [0.15, 0.2) is 5.78 Å². The van der Waals surface area contributed by atoms with Crippen molar-refractivity contribution in [1.29, 1.82) is 0 Å². The maximum atomic E-state index is 12.5. The van der Waals surface area contributed by atoms with Crippen LogP contribution in [0.5, 0.6) is 5.75 Å². The first-order valence-corrected chi connectivity index (χ1v) is 8.47. The van der Waals surface area contributed by atoms with Crippen molar-refractivity contribution in [1.82, 2.24) is 15.0 Å². The Kier molecular flexibility index (Phi) is 5.11. The quantitative estimate of drug-likeness (QED) is 0.683. The monoisotopic (exact) mass is 351 g/mol. The Morgan fingerprint density at radius 1 is 1.19 bits per heavy atom. The van der Waals surface area contributed by atoms with Crippen LogP contribution in [0.3, 0.4) is 0 Å². The maximum Gasteiger partial charge on any atom is 0.278 e. The van der Waals surface area contributed by atoms with Gasteiger partial charge in [-0.1, -0.05) is 35.9 Å². The highest BCUT2D eigenvalue weighted by molar-refractivity contribution is 5.80. The fourth-order valence-corrected chi connectivity index (χ4v) is 2.92. The molecule has 0 aliphatic heterocycles. The van der Waals surface area contributed by atoms with Gasteiger partial charge in [-0.3, -0.25) is 9.59 Å². The van der Waals surface area contributed by atoms with E-state index in [1.807, 2.05) is 44.2 Å². The summed E-state index contributed by atoms with van der Waals surface area (Å²) in [6.45, 7) is 3.82. The van der Waals surface area contributed by atoms with E-state index < -0.39 is 0 Å². The highest BCUT2D eigenvalue weighted by atomic mass is 16.5. The van der Waals surface area contributed by atoms with Gasteiger partial charge < -0.3 is 4.74 Å². The molecule has 6 nitrogen and oxygen atoms in total. The standard InChI is InChI=1S/C20H21N3O3/c1-13-4-9-19-18(10-13)20(25)23(22-21-19)12-16(24)11-14(2)15-5-7-17(26-3)8-6-15/h4-10,14H,11-12H2,1-3H3/t14-/m1/s1. The molecule has 0 amide bonds. The fourth-order valence-electron chi connectivity index (χ4n) is 2.92. The van der Waals surface area contributed by atoms with Crippen molar-refractivity contribution in [3.63, 3.8) is 0 Å². The largest absolute Gasteiger partial charge is 0.497 e. The van der Waals surface area contributed by atoms with Gasteiger partial charge in [0.2, 0.25) is 0 Å². The number of hydrogen-bond donors (Lipinski definition) is 0. The van der Waals surface area contributed by atoms with E-state index in [0.717, 1.165) is 21.6 Å². The number of aromatic nitrogens is 3. The predicted molar refractivity (Wildman–Crippen MR) is 99.6 cm³/mol. The Morgan fingerprint density at radius 3 is 2.62 bits per heavy atom. The number of hydrogen-bond acceptors (Lipinski definition) is 5. The number of methoxy groups -OCH3 is 1. The number of ketones is 1. The smallest absolute Gasteiger partial charge is 0.278 e. The van der Waals surface area contributed by atoms with Gasteiger partial charge in [0.05, 0.1) is 12.5 Å². The van der Waals surface area contributed by atoms with E-state index in [0.29, 0.717) is 17.3 Å². The summed E-state index contributed by atoms with van der Waals surface area (Å²) in [6.07, 6.45) is 0.326. The molecule has 0 saturated carbocycles. The summed E-state index contributed by atoms with van der Waals surface area (Å²) in [5.41, 5.74) is 2.26. The summed E-state index contributed by atoms with van der Waals surface area (Å²) >= 11 is 0. The molecule has 0 aliphatic rings. The Balaban J connectivity index is 1.74. The second kappa shape index (κ2) is 7.47. The van der Waals surface area contributed by atoms with Crippen LogP contribution in [-0.4, -0.2) is 27.9 Å². The van der Waals surface area contributed by atoms with Crippen molar-refractivity contribution >= 4 is 16.7 Å². The second-order valence-corrected chi connectivity index (χ2v) is 6.49. The molecule has 0 fully saturated rings. The molecule has 2 aromatic carbocycles. The van der Waals surface area contributed by atoms with E-state index >= 15 is 0 Å². The Morgan fingerprint density at radius 2 is 1.92 bits per heavy atom. The normalized spacial score (nSPS) is 12.1. The maximum absolute atomic E-state index is 12.5. The van der Waals surface area contributed by atoms with Gasteiger partial charge in [-0.15, -0.1) is 5.10 Å². The first-order chi connectivity index (χ1) is 12.5. The zero-order chi connectivity index (χ0) is 18.7. The molecule has 0 N–H and O–H groups in total. The molecule has 0 aliphatic carbocycles. The van der Waals surface area contributed by atoms with Crippen molar-refractivity contribution < 1.29 is 9.53 Å². The van der Waals surface area contributed by atoms with Crippen molar-refractivity contribution in [2.24, 2.45) is 0 Å². The lowest BCUT2D eigenvalue weighted by atomic mass is 9.95. The van der Waals surface area contributed by atoms with Crippen LogP contribution in [-0.2, 0) is 11.3 Å². The molecule has 3 rings (SSSR count). The van der Waals surface area contributed by atoms with E-state index in [-0.39, 0.29) is 23.8 Å². The lowest BCUT2D eigenvalue weighted by molar-refractivity contribution is -0.120. The number of Topliss-reactive ketones (excluding diaryl/α,β-unsaturated/α-hetero) is 1. The first kappa shape index (κ1) is 17.8. The molecular formula is C20H21N3O3. The molecule has 1 heterocycles. The van der Waals surface area contributed by atoms with Gasteiger partial charge in [-0.25, -0.2) is 4.68 Å². The second-order valence-electron chi connectivity index (χ2n) is 6.49. The summed E-state index contributed by atoms with van der Waals surface area (Å²) in [6, 6.07) is 13.0. The van der Waals surface area contributed by atoms with E-state index in [1.165, 1.54) is 0 Å². The number of fused-ring (bicyclic) bond motifs is 1. The molecule has 26 heavy (non-hydrogen) atoms. The number of rotatable bonds is 6. The molecule has 0 radical (unpaired) electrons. The molecule has 0 spiro atoms. The molecule has 1 atom stereocenters. The molecule has 3 aromatic rings. The van der Waals surface area contributed by atoms with E-state index in [4.69, 9.17) is 4.74 Å². The zero-order valence-electron chi connectivity index (χ0n) is 15.1. The van der Waals surface area contributed by atoms with Crippen LogP contribution >= 0.6 is 0 Å². The minimum Gasteiger partial charge on any atom is -0.497 e.